The zero-order chi connectivity index (χ0) is 33.6. The van der Waals surface area contributed by atoms with Crippen molar-refractivity contribution in [2.45, 2.75) is 40.2 Å². The second-order valence-electron chi connectivity index (χ2n) is 10.5. The molecule has 3 aromatic rings. The van der Waals surface area contributed by atoms with Gasteiger partial charge in [-0.25, -0.2) is 4.98 Å². The Kier molecular flexibility index (Phi) is 13.2. The van der Waals surface area contributed by atoms with Crippen molar-refractivity contribution < 1.29 is 19.2 Å². The minimum Gasteiger partial charge on any atom is -0.369 e. The highest BCUT2D eigenvalue weighted by atomic mass is 16.2. The summed E-state index contributed by atoms with van der Waals surface area (Å²) in [6, 6.07) is 12.5. The molecule has 4 amide bonds. The largest absolute Gasteiger partial charge is 0.369 e. The number of anilines is 5. The first-order valence-corrected chi connectivity index (χ1v) is 15.2. The summed E-state index contributed by atoms with van der Waals surface area (Å²) >= 11 is 0. The first kappa shape index (κ1) is 35.2. The molecule has 0 fully saturated rings. The third-order valence-electron chi connectivity index (χ3n) is 7.22. The molecule has 13 heteroatoms. The molecule has 1 atom stereocenters. The van der Waals surface area contributed by atoms with Gasteiger partial charge in [-0.3, -0.25) is 19.2 Å². The lowest BCUT2D eigenvalue weighted by molar-refractivity contribution is -0.132. The number of nitrogens with one attached hydrogen (secondary N) is 4. The molecular weight excluding hydrogens is 586 g/mol. The molecule has 0 aliphatic rings. The van der Waals surface area contributed by atoms with Crippen molar-refractivity contribution in [2.75, 3.05) is 54.5 Å². The molecule has 0 aliphatic heterocycles. The van der Waals surface area contributed by atoms with E-state index < -0.39 is 17.9 Å². The summed E-state index contributed by atoms with van der Waals surface area (Å²) in [5.41, 5.74) is 7.44. The first-order valence-electron chi connectivity index (χ1n) is 15.2. The van der Waals surface area contributed by atoms with Crippen molar-refractivity contribution in [3.05, 3.63) is 78.0 Å². The minimum absolute atomic E-state index is 0.223. The number of carbonyl (C=O) groups excluding carboxylic acids is 4. The van der Waals surface area contributed by atoms with Crippen LogP contribution in [0.1, 0.15) is 54.8 Å². The molecule has 6 N–H and O–H groups in total. The maximum atomic E-state index is 13.3. The highest BCUT2D eigenvalue weighted by molar-refractivity contribution is 6.08. The van der Waals surface area contributed by atoms with Gasteiger partial charge in [0.1, 0.15) is 17.4 Å². The molecule has 0 bridgehead atoms. The van der Waals surface area contributed by atoms with Crippen LogP contribution in [0.4, 0.5) is 28.8 Å². The van der Waals surface area contributed by atoms with Crippen LogP contribution in [0.5, 0.6) is 0 Å². The molecule has 13 nitrogen and oxygen atoms in total. The number of nitrogens with zero attached hydrogens (tertiary/aromatic N) is 4. The minimum atomic E-state index is -0.735. The third kappa shape index (κ3) is 10.1. The quantitative estimate of drug-likeness (QED) is 0.146. The van der Waals surface area contributed by atoms with E-state index in [2.05, 4.69) is 50.0 Å². The Bertz CT molecular complexity index is 1540. The number of hydrogen-bond donors (Lipinski definition) is 5. The van der Waals surface area contributed by atoms with Crippen molar-refractivity contribution in [1.29, 1.82) is 0 Å². The molecule has 1 aromatic heterocycles. The van der Waals surface area contributed by atoms with Gasteiger partial charge >= 0.3 is 0 Å². The van der Waals surface area contributed by atoms with Crippen LogP contribution in [0.2, 0.25) is 0 Å². The van der Waals surface area contributed by atoms with E-state index in [1.165, 1.54) is 17.2 Å². The van der Waals surface area contributed by atoms with Crippen LogP contribution in [0.15, 0.2) is 66.9 Å². The van der Waals surface area contributed by atoms with E-state index in [4.69, 9.17) is 5.73 Å². The smallest absolute Gasteiger partial charge is 0.260 e. The van der Waals surface area contributed by atoms with Gasteiger partial charge in [0.15, 0.2) is 0 Å². The lowest BCUT2D eigenvalue weighted by Crippen LogP contribution is -2.42. The van der Waals surface area contributed by atoms with Gasteiger partial charge in [-0.15, -0.1) is 0 Å². The van der Waals surface area contributed by atoms with Crippen LogP contribution in [-0.4, -0.2) is 82.7 Å². The predicted octanol–water partition coefficient (Wildman–Crippen LogP) is 4.08. The topological polar surface area (TPSA) is 175 Å². The number of aromatic nitrogens is 2. The van der Waals surface area contributed by atoms with E-state index in [0.717, 1.165) is 19.5 Å². The van der Waals surface area contributed by atoms with E-state index >= 15 is 0 Å². The fourth-order valence-electron chi connectivity index (χ4n) is 4.22. The molecule has 1 heterocycles. The van der Waals surface area contributed by atoms with E-state index in [-0.39, 0.29) is 23.3 Å². The highest BCUT2D eigenvalue weighted by Crippen LogP contribution is 2.21. The average Bonchev–Trinajstić information content (AvgIpc) is 3.05. The van der Waals surface area contributed by atoms with E-state index in [1.807, 2.05) is 6.92 Å². The summed E-state index contributed by atoms with van der Waals surface area (Å²) in [5.74, 6) is -1.03. The SMILES string of the molecule is CCCNc1nc(Nc2ccc(C(N)=O)cc2)ncc1C(=O)Nc1cccc(NC(=O)C(C)N(C)C(=O)C=CCN(CC)CC)c1. The zero-order valence-electron chi connectivity index (χ0n) is 27.0. The van der Waals surface area contributed by atoms with Crippen LogP contribution < -0.4 is 27.0 Å². The summed E-state index contributed by atoms with van der Waals surface area (Å²) in [7, 11) is 1.58. The molecule has 0 saturated carbocycles. The number of carbonyl (C=O) groups is 4. The standard InChI is InChI=1S/C33H43N9O4/c1-6-18-35-30-27(21-36-33(40-30)39-24-16-14-23(15-17-24)29(34)44)32(46)38-26-12-9-11-25(20-26)37-31(45)22(4)41(5)28(43)13-10-19-42(7-2)8-3/h9-17,20-22H,6-8,18-19H2,1-5H3,(H2,34,44)(H,37,45)(H,38,46)(H2,35,36,39,40). The molecule has 0 spiro atoms. The Morgan fingerprint density at radius 1 is 0.957 bits per heavy atom. The summed E-state index contributed by atoms with van der Waals surface area (Å²) in [6.45, 7) is 10.8. The Morgan fingerprint density at radius 3 is 2.26 bits per heavy atom. The van der Waals surface area contributed by atoms with Gasteiger partial charge in [0.25, 0.3) is 5.91 Å². The Labute approximate surface area is 269 Å². The molecule has 3 rings (SSSR count). The van der Waals surface area contributed by atoms with Gasteiger partial charge in [-0.2, -0.15) is 4.98 Å². The molecular formula is C33H43N9O4. The van der Waals surface area contributed by atoms with Crippen LogP contribution in [-0.2, 0) is 9.59 Å². The van der Waals surface area contributed by atoms with Gasteiger partial charge in [-0.1, -0.05) is 32.9 Å². The van der Waals surface area contributed by atoms with E-state index in [1.54, 1.807) is 68.6 Å². The van der Waals surface area contributed by atoms with Crippen molar-refractivity contribution in [2.24, 2.45) is 5.73 Å². The summed E-state index contributed by atoms with van der Waals surface area (Å²) < 4.78 is 0. The molecule has 0 radical (unpaired) electrons. The van der Waals surface area contributed by atoms with E-state index in [9.17, 15) is 19.2 Å². The van der Waals surface area contributed by atoms with Gasteiger partial charge in [0.05, 0.1) is 0 Å². The van der Waals surface area contributed by atoms with Crippen molar-refractivity contribution in [1.82, 2.24) is 19.8 Å². The summed E-state index contributed by atoms with van der Waals surface area (Å²) in [4.78, 5) is 62.5. The molecule has 2 aromatic carbocycles. The summed E-state index contributed by atoms with van der Waals surface area (Å²) in [6.07, 6.45) is 5.50. The second-order valence-corrected chi connectivity index (χ2v) is 10.5. The maximum Gasteiger partial charge on any atom is 0.260 e. The van der Waals surface area contributed by atoms with Crippen molar-refractivity contribution >= 4 is 52.5 Å². The number of benzene rings is 2. The van der Waals surface area contributed by atoms with Crippen molar-refractivity contribution in [3.8, 4) is 0 Å². The second kappa shape index (κ2) is 17.3. The van der Waals surface area contributed by atoms with Gasteiger partial charge in [0, 0.05) is 55.0 Å². The fourth-order valence-corrected chi connectivity index (χ4v) is 4.22. The van der Waals surface area contributed by atoms with Gasteiger partial charge < -0.3 is 36.8 Å². The molecule has 0 aliphatic carbocycles. The normalized spacial score (nSPS) is 11.6. The number of amides is 4. The Balaban J connectivity index is 1.67. The molecule has 46 heavy (non-hydrogen) atoms. The summed E-state index contributed by atoms with van der Waals surface area (Å²) in [5, 5.41) is 11.9. The predicted molar refractivity (Wildman–Crippen MR) is 181 cm³/mol. The average molecular weight is 630 g/mol. The van der Waals surface area contributed by atoms with Crippen LogP contribution in [0.25, 0.3) is 0 Å². The highest BCUT2D eigenvalue weighted by Gasteiger charge is 2.21. The van der Waals surface area contributed by atoms with Gasteiger partial charge in [-0.05, 0) is 68.9 Å². The lowest BCUT2D eigenvalue weighted by Gasteiger charge is -2.23. The van der Waals surface area contributed by atoms with Crippen LogP contribution in [0, 0.1) is 0 Å². The zero-order valence-corrected chi connectivity index (χ0v) is 27.0. The molecule has 0 saturated heterocycles. The Hall–Kier alpha value is -5.30. The fraction of sp³-hybridized carbons (Fsp3) is 0.333. The lowest BCUT2D eigenvalue weighted by atomic mass is 10.2. The van der Waals surface area contributed by atoms with Gasteiger partial charge in [0.2, 0.25) is 23.7 Å². The van der Waals surface area contributed by atoms with E-state index in [0.29, 0.717) is 41.5 Å². The number of nitrogens with two attached hydrogens (primary N) is 1. The third-order valence-corrected chi connectivity index (χ3v) is 7.22. The number of hydrogen-bond acceptors (Lipinski definition) is 9. The first-order chi connectivity index (χ1) is 22.1. The number of rotatable bonds is 16. The maximum absolute atomic E-state index is 13.3. The number of primary amides is 1. The molecule has 1 unspecified atom stereocenters. The van der Waals surface area contributed by atoms with Crippen LogP contribution >= 0.6 is 0 Å². The monoisotopic (exact) mass is 629 g/mol. The number of likely N-dealkylation sites (N-methyl/N-ethyl adjacent to an activating group) is 2. The van der Waals surface area contributed by atoms with Crippen LogP contribution in [0.3, 0.4) is 0 Å². The van der Waals surface area contributed by atoms with Crippen molar-refractivity contribution in [3.63, 3.8) is 0 Å². The molecule has 244 valence electrons. The Morgan fingerprint density at radius 2 is 1.63 bits per heavy atom.